The van der Waals surface area contributed by atoms with Crippen molar-refractivity contribution in [3.05, 3.63) is 27.1 Å². The number of hydrogen-bond donors (Lipinski definition) is 2. The van der Waals surface area contributed by atoms with Gasteiger partial charge in [-0.05, 0) is 13.0 Å². The molecule has 1 amide bonds. The van der Waals surface area contributed by atoms with Crippen LogP contribution in [0.1, 0.15) is 16.6 Å². The Labute approximate surface area is 90.2 Å². The minimum absolute atomic E-state index is 0.0412. The first-order valence-electron chi connectivity index (χ1n) is 4.29. The molecule has 1 aromatic rings. The van der Waals surface area contributed by atoms with Gasteiger partial charge in [0.2, 0.25) is 0 Å². The number of nitro groups is 1. The lowest BCUT2D eigenvalue weighted by molar-refractivity contribution is -0.380. The van der Waals surface area contributed by atoms with Gasteiger partial charge in [0.05, 0.1) is 9.80 Å². The highest BCUT2D eigenvalue weighted by molar-refractivity contribution is 7.17. The Kier molecular flexibility index (Phi) is 3.75. The van der Waals surface area contributed by atoms with Crippen LogP contribution < -0.4 is 11.1 Å². The monoisotopic (exact) mass is 229 g/mol. The van der Waals surface area contributed by atoms with Crippen LogP contribution in [0.3, 0.4) is 0 Å². The van der Waals surface area contributed by atoms with Gasteiger partial charge in [-0.25, -0.2) is 0 Å². The van der Waals surface area contributed by atoms with Crippen LogP contribution in [0.5, 0.6) is 0 Å². The van der Waals surface area contributed by atoms with Crippen molar-refractivity contribution in [2.75, 3.05) is 6.54 Å². The molecule has 1 heterocycles. The Morgan fingerprint density at radius 2 is 2.40 bits per heavy atom. The van der Waals surface area contributed by atoms with Crippen LogP contribution in [0.2, 0.25) is 0 Å². The van der Waals surface area contributed by atoms with Crippen molar-refractivity contribution >= 4 is 22.2 Å². The zero-order chi connectivity index (χ0) is 11.4. The molecule has 0 saturated heterocycles. The summed E-state index contributed by atoms with van der Waals surface area (Å²) >= 11 is 0.850. The quantitative estimate of drug-likeness (QED) is 0.587. The highest BCUT2D eigenvalue weighted by Crippen LogP contribution is 2.23. The van der Waals surface area contributed by atoms with E-state index in [1.807, 2.05) is 0 Å². The maximum atomic E-state index is 11.5. The van der Waals surface area contributed by atoms with E-state index in [9.17, 15) is 14.9 Å². The van der Waals surface area contributed by atoms with Gasteiger partial charge in [-0.15, -0.1) is 0 Å². The molecular formula is C8H11N3O3S. The number of nitrogens with one attached hydrogen (secondary N) is 1. The third kappa shape index (κ3) is 3.00. The molecule has 0 fully saturated rings. The number of carbonyl (C=O) groups excluding carboxylic acids is 1. The fourth-order valence-electron chi connectivity index (χ4n) is 0.902. The molecule has 0 aliphatic rings. The summed E-state index contributed by atoms with van der Waals surface area (Å²) in [5.74, 6) is -0.328. The predicted molar refractivity (Wildman–Crippen MR) is 57.0 cm³/mol. The van der Waals surface area contributed by atoms with Gasteiger partial charge in [-0.2, -0.15) is 0 Å². The van der Waals surface area contributed by atoms with E-state index < -0.39 is 4.92 Å². The second kappa shape index (κ2) is 4.85. The van der Waals surface area contributed by atoms with Crippen LogP contribution in [-0.2, 0) is 0 Å². The van der Waals surface area contributed by atoms with Crippen molar-refractivity contribution in [2.45, 2.75) is 13.0 Å². The Hall–Kier alpha value is -1.47. The third-order valence-corrected chi connectivity index (χ3v) is 2.76. The van der Waals surface area contributed by atoms with Crippen LogP contribution in [0.4, 0.5) is 5.00 Å². The summed E-state index contributed by atoms with van der Waals surface area (Å²) in [5, 5.41) is 13.0. The van der Waals surface area contributed by atoms with E-state index in [0.717, 1.165) is 11.3 Å². The average molecular weight is 229 g/mol. The summed E-state index contributed by atoms with van der Waals surface area (Å²) in [5.41, 5.74) is 5.33. The number of nitrogens with zero attached hydrogens (tertiary/aromatic N) is 1. The number of nitrogens with two attached hydrogens (primary N) is 1. The van der Waals surface area contributed by atoms with Gasteiger partial charge >= 0.3 is 5.00 Å². The second-order valence-corrected chi connectivity index (χ2v) is 4.07. The molecule has 1 rings (SSSR count). The van der Waals surface area contributed by atoms with Gasteiger partial charge < -0.3 is 11.1 Å². The Morgan fingerprint density at radius 3 is 2.87 bits per heavy atom. The van der Waals surface area contributed by atoms with E-state index in [0.29, 0.717) is 11.4 Å². The molecule has 3 N–H and O–H groups in total. The lowest BCUT2D eigenvalue weighted by Gasteiger charge is -2.09. The summed E-state index contributed by atoms with van der Waals surface area (Å²) in [6.07, 6.45) is 0. The van der Waals surface area contributed by atoms with Crippen molar-refractivity contribution in [1.29, 1.82) is 0 Å². The molecule has 15 heavy (non-hydrogen) atoms. The molecular weight excluding hydrogens is 218 g/mol. The number of hydrogen-bond acceptors (Lipinski definition) is 5. The summed E-state index contributed by atoms with van der Waals surface area (Å²) < 4.78 is 0. The van der Waals surface area contributed by atoms with E-state index in [1.165, 1.54) is 12.1 Å². The largest absolute Gasteiger partial charge is 0.348 e. The Morgan fingerprint density at radius 1 is 1.73 bits per heavy atom. The molecule has 82 valence electrons. The lowest BCUT2D eigenvalue weighted by Crippen LogP contribution is -2.37. The van der Waals surface area contributed by atoms with Gasteiger partial charge in [-0.1, -0.05) is 11.3 Å². The zero-order valence-corrected chi connectivity index (χ0v) is 8.91. The molecule has 1 atom stereocenters. The molecule has 0 aromatic carbocycles. The van der Waals surface area contributed by atoms with E-state index in [2.05, 4.69) is 5.32 Å². The van der Waals surface area contributed by atoms with E-state index in [1.54, 1.807) is 6.92 Å². The highest BCUT2D eigenvalue weighted by Gasteiger charge is 2.15. The SMILES string of the molecule is CC(CN)NC(=O)c1ccc([N+](=O)[O-])s1. The topological polar surface area (TPSA) is 98.3 Å². The molecule has 0 aliphatic heterocycles. The van der Waals surface area contributed by atoms with Gasteiger partial charge in [0.15, 0.2) is 0 Å². The van der Waals surface area contributed by atoms with Crippen molar-refractivity contribution in [3.8, 4) is 0 Å². The molecule has 6 nitrogen and oxygen atoms in total. The number of rotatable bonds is 4. The normalized spacial score (nSPS) is 12.1. The zero-order valence-electron chi connectivity index (χ0n) is 8.10. The van der Waals surface area contributed by atoms with Gasteiger partial charge in [0, 0.05) is 18.7 Å². The van der Waals surface area contributed by atoms with Gasteiger partial charge in [0.1, 0.15) is 0 Å². The van der Waals surface area contributed by atoms with Gasteiger partial charge in [0.25, 0.3) is 5.91 Å². The average Bonchev–Trinajstić information content (AvgIpc) is 2.66. The molecule has 7 heteroatoms. The number of carbonyl (C=O) groups is 1. The molecule has 0 spiro atoms. The van der Waals surface area contributed by atoms with Gasteiger partial charge in [-0.3, -0.25) is 14.9 Å². The minimum Gasteiger partial charge on any atom is -0.348 e. The fraction of sp³-hybridized carbons (Fsp3) is 0.375. The molecule has 1 aromatic heterocycles. The van der Waals surface area contributed by atoms with Crippen LogP contribution in [-0.4, -0.2) is 23.4 Å². The van der Waals surface area contributed by atoms with Crippen LogP contribution in [0.15, 0.2) is 12.1 Å². The first-order chi connectivity index (χ1) is 7.04. The summed E-state index contributed by atoms with van der Waals surface area (Å²) in [7, 11) is 0. The fourth-order valence-corrected chi connectivity index (χ4v) is 1.63. The number of thiophene rings is 1. The van der Waals surface area contributed by atoms with Crippen LogP contribution in [0, 0.1) is 10.1 Å². The maximum absolute atomic E-state index is 11.5. The minimum atomic E-state index is -0.520. The highest BCUT2D eigenvalue weighted by atomic mass is 32.1. The Bertz CT molecular complexity index is 377. The van der Waals surface area contributed by atoms with Crippen molar-refractivity contribution < 1.29 is 9.72 Å². The number of amides is 1. The van der Waals surface area contributed by atoms with Crippen molar-refractivity contribution in [3.63, 3.8) is 0 Å². The maximum Gasteiger partial charge on any atom is 0.324 e. The first-order valence-corrected chi connectivity index (χ1v) is 5.11. The summed E-state index contributed by atoms with van der Waals surface area (Å²) in [6.45, 7) is 2.10. The van der Waals surface area contributed by atoms with Crippen LogP contribution in [0.25, 0.3) is 0 Å². The van der Waals surface area contributed by atoms with Crippen LogP contribution >= 0.6 is 11.3 Å². The standard InChI is InChI=1S/C8H11N3O3S/c1-5(4-9)10-8(12)6-2-3-7(15-6)11(13)14/h2-3,5H,4,9H2,1H3,(H,10,12). The summed E-state index contributed by atoms with van der Waals surface area (Å²) in [6, 6.07) is 2.60. The molecule has 0 saturated carbocycles. The smallest absolute Gasteiger partial charge is 0.324 e. The summed E-state index contributed by atoms with van der Waals surface area (Å²) in [4.78, 5) is 21.7. The van der Waals surface area contributed by atoms with E-state index in [4.69, 9.17) is 5.73 Å². The lowest BCUT2D eigenvalue weighted by atomic mass is 10.3. The molecule has 0 aliphatic carbocycles. The first kappa shape index (κ1) is 11.6. The van der Waals surface area contributed by atoms with E-state index in [-0.39, 0.29) is 17.0 Å². The van der Waals surface area contributed by atoms with Crippen molar-refractivity contribution in [1.82, 2.24) is 5.32 Å². The second-order valence-electron chi connectivity index (χ2n) is 3.01. The third-order valence-electron chi connectivity index (χ3n) is 1.73. The van der Waals surface area contributed by atoms with E-state index >= 15 is 0 Å². The molecule has 1 unspecified atom stereocenters. The Balaban J connectivity index is 2.70. The molecule has 0 bridgehead atoms. The predicted octanol–water partition coefficient (Wildman–Crippen LogP) is 0.733. The van der Waals surface area contributed by atoms with Crippen molar-refractivity contribution in [2.24, 2.45) is 5.73 Å². The molecule has 0 radical (unpaired) electrons.